The van der Waals surface area contributed by atoms with Crippen LogP contribution in [0.4, 0.5) is 119 Å². The minimum Gasteiger partial charge on any atom is -0.778 e. The molecule has 0 unspecified atom stereocenters. The zero-order valence-corrected chi connectivity index (χ0v) is 45.9. The first-order chi connectivity index (χ1) is 32.4. The molecule has 7 aromatic carbocycles. The first kappa shape index (κ1) is 63.5. The van der Waals surface area contributed by atoms with Crippen molar-refractivity contribution in [2.45, 2.75) is 34.3 Å². The van der Waals surface area contributed by atoms with Crippen LogP contribution in [0.1, 0.15) is 0 Å². The minimum absolute atomic E-state index is 0. The maximum absolute atomic E-state index is 5.47. The van der Waals surface area contributed by atoms with Crippen LogP contribution in [0, 0.1) is 0 Å². The van der Waals surface area contributed by atoms with E-state index < -0.39 is 0 Å². The van der Waals surface area contributed by atoms with E-state index in [4.69, 9.17) is 209 Å². The van der Waals surface area contributed by atoms with Crippen molar-refractivity contribution in [2.24, 2.45) is 0 Å². The number of hydrogen-bond acceptors (Lipinski definition) is 28. The third kappa shape index (κ3) is 18.4. The van der Waals surface area contributed by atoms with Crippen molar-refractivity contribution in [1.82, 2.24) is 0 Å². The van der Waals surface area contributed by atoms with E-state index in [1.54, 1.807) is 84.9 Å². The Bertz CT molecular complexity index is 2180. The Kier molecular flexibility index (Phi) is 25.9. The largest absolute Gasteiger partial charge is 7.00 e. The summed E-state index contributed by atoms with van der Waals surface area (Å²) in [5, 5.41) is 0. The quantitative estimate of drug-likeness (QED) is 0.0765. The molecule has 0 amide bonds. The van der Waals surface area contributed by atoms with E-state index in [1.807, 2.05) is 0 Å². The van der Waals surface area contributed by atoms with Gasteiger partial charge in [0, 0.05) is 39.8 Å². The minimum atomic E-state index is 0. The summed E-state index contributed by atoms with van der Waals surface area (Å²) in [4.78, 5) is 3.84. The van der Waals surface area contributed by atoms with Gasteiger partial charge in [0.25, 0.3) is 0 Å². The summed E-state index contributed by atoms with van der Waals surface area (Å²) in [6, 6.07) is 23.2. The van der Waals surface area contributed by atoms with Crippen LogP contribution in [0.15, 0.2) is 119 Å². The summed E-state index contributed by atoms with van der Waals surface area (Å²) >= 11 is 33.9. The molecular weight excluding hydrogens is 1210 g/mol. The molecule has 42 N–H and O–H groups in total. The molecule has 0 fully saturated rings. The van der Waals surface area contributed by atoms with E-state index in [0.29, 0.717) is 154 Å². The van der Waals surface area contributed by atoms with E-state index in [-0.39, 0.29) is 20.4 Å². The molecular formula is C42H56N21ReS7. The summed E-state index contributed by atoms with van der Waals surface area (Å²) in [6.45, 7) is 0. The summed E-state index contributed by atoms with van der Waals surface area (Å²) in [5.74, 6) is 0. The first-order valence-electron chi connectivity index (χ1n) is 19.1. The van der Waals surface area contributed by atoms with E-state index >= 15 is 0 Å². The average Bonchev–Trinajstić information content (AvgIpc) is 3.34. The van der Waals surface area contributed by atoms with Crippen molar-refractivity contribution >= 4 is 208 Å². The molecule has 0 aliphatic carbocycles. The van der Waals surface area contributed by atoms with Gasteiger partial charge in [-0.3, -0.25) is 0 Å². The van der Waals surface area contributed by atoms with Crippen molar-refractivity contribution < 1.29 is 20.4 Å². The van der Waals surface area contributed by atoms with E-state index in [2.05, 4.69) is 0 Å². The Morgan fingerprint density at radius 3 is 0.310 bits per heavy atom. The van der Waals surface area contributed by atoms with Gasteiger partial charge in [-0.2, -0.15) is 0 Å². The van der Waals surface area contributed by atoms with E-state index in [1.165, 1.54) is 0 Å². The molecule has 0 saturated heterocycles. The predicted molar refractivity (Wildman–Crippen MR) is 317 cm³/mol. The molecule has 0 aliphatic rings. The average molecular weight is 1270 g/mol. The number of benzene rings is 7. The van der Waals surface area contributed by atoms with Crippen molar-refractivity contribution in [3.8, 4) is 0 Å². The fourth-order valence-electron chi connectivity index (χ4n) is 4.43. The van der Waals surface area contributed by atoms with Crippen molar-refractivity contribution in [2.75, 3.05) is 120 Å². The molecule has 0 atom stereocenters. The van der Waals surface area contributed by atoms with Crippen LogP contribution < -0.4 is 120 Å². The van der Waals surface area contributed by atoms with E-state index in [9.17, 15) is 0 Å². The van der Waals surface area contributed by atoms with Crippen LogP contribution in [-0.4, -0.2) is 0 Å². The summed E-state index contributed by atoms with van der Waals surface area (Å²) in [5.41, 5.74) is 123. The third-order valence-corrected chi connectivity index (χ3v) is 11.5. The number of nitrogens with two attached hydrogens (primary N) is 21. The van der Waals surface area contributed by atoms with Crippen LogP contribution in [0.2, 0.25) is 0 Å². The molecule has 7 rings (SSSR count). The molecule has 0 aliphatic heterocycles. The number of nitrogen functional groups attached to an aromatic ring is 21. The van der Waals surface area contributed by atoms with Crippen LogP contribution in [0.25, 0.3) is 0 Å². The number of anilines is 21. The molecule has 0 radical (unpaired) electrons. The molecule has 0 spiro atoms. The Balaban J connectivity index is 0.000000803. The smallest absolute Gasteiger partial charge is 0.778 e. The maximum Gasteiger partial charge on any atom is 7.00 e. The Morgan fingerprint density at radius 2 is 0.239 bits per heavy atom. The molecule has 7 aromatic rings. The topological polar surface area (TPSA) is 546 Å². The van der Waals surface area contributed by atoms with Gasteiger partial charge in [-0.25, -0.2) is 0 Å². The zero-order chi connectivity index (χ0) is 54.1. The van der Waals surface area contributed by atoms with Gasteiger partial charge in [-0.05, 0) is 42.5 Å². The molecule has 0 bridgehead atoms. The van der Waals surface area contributed by atoms with Crippen molar-refractivity contribution in [3.63, 3.8) is 0 Å². The van der Waals surface area contributed by atoms with Crippen molar-refractivity contribution in [1.29, 1.82) is 0 Å². The molecule has 378 valence electrons. The maximum atomic E-state index is 5.47. The molecule has 21 nitrogen and oxygen atoms in total. The second kappa shape index (κ2) is 28.9. The van der Waals surface area contributed by atoms with Gasteiger partial charge in [0.15, 0.2) is 0 Å². The van der Waals surface area contributed by atoms with Crippen LogP contribution in [0.5, 0.6) is 0 Å². The Hall–Kier alpha value is -7.46. The molecule has 29 heteroatoms. The normalized spacial score (nSPS) is 9.46. The predicted octanol–water partition coefficient (Wildman–Crippen LogP) is 2.37. The molecule has 0 heterocycles. The van der Waals surface area contributed by atoms with Crippen LogP contribution >= 0.6 is 0 Å². The second-order valence-electron chi connectivity index (χ2n) is 13.9. The number of hydrogen-bond donors (Lipinski definition) is 21. The monoisotopic (exact) mass is 1270 g/mol. The number of rotatable bonds is 0. The van der Waals surface area contributed by atoms with Gasteiger partial charge in [-0.15, -0.1) is 34.3 Å². The SMILES string of the molecule is Nc1ccc([S-])c(N)c1N.Nc1ccc([S-])c(N)c1N.Nc1ccc([S-])c(N)c1N.Nc1ccc([S-])c(N)c1N.Nc1ccc([S-])c(N)c1N.Nc1ccc([S-])c(N)c1N.Nc1ccc([S-])c(N)c1N.[Re+7]. The Labute approximate surface area is 464 Å². The molecule has 71 heavy (non-hydrogen) atoms. The zero-order valence-electron chi connectivity index (χ0n) is 37.4. The van der Waals surface area contributed by atoms with Crippen LogP contribution in [0.3, 0.4) is 0 Å². The summed E-state index contributed by atoms with van der Waals surface area (Å²) in [7, 11) is 0. The van der Waals surface area contributed by atoms with Gasteiger partial charge in [0.2, 0.25) is 0 Å². The van der Waals surface area contributed by atoms with Gasteiger partial charge in [-0.1, -0.05) is 42.5 Å². The second-order valence-corrected chi connectivity index (χ2v) is 16.9. The standard InChI is InChI=1S/7C6H9N3S.Re/c7*7-3-1-2-4(10)6(9)5(3)8;/h7*1-2,10H,7-9H2;/q;;;;;;;+7/p-7. The van der Waals surface area contributed by atoms with Gasteiger partial charge >= 0.3 is 20.4 Å². The van der Waals surface area contributed by atoms with Gasteiger partial charge < -0.3 is 209 Å². The van der Waals surface area contributed by atoms with E-state index in [0.717, 1.165) is 0 Å². The fourth-order valence-corrected chi connectivity index (χ4v) is 5.68. The molecule has 0 saturated carbocycles. The molecule has 0 aromatic heterocycles. The Morgan fingerprint density at radius 1 is 0.155 bits per heavy atom. The van der Waals surface area contributed by atoms with Gasteiger partial charge in [0.1, 0.15) is 0 Å². The summed E-state index contributed by atoms with van der Waals surface area (Å²) in [6.07, 6.45) is 0. The van der Waals surface area contributed by atoms with Gasteiger partial charge in [0.05, 0.1) is 79.6 Å². The third-order valence-electron chi connectivity index (χ3n) is 8.97. The van der Waals surface area contributed by atoms with Crippen LogP contribution in [-0.2, 0) is 109 Å². The van der Waals surface area contributed by atoms with Crippen molar-refractivity contribution in [3.05, 3.63) is 84.9 Å². The fraction of sp³-hybridized carbons (Fsp3) is 0. The first-order valence-corrected chi connectivity index (χ1v) is 22.0. The summed E-state index contributed by atoms with van der Waals surface area (Å²) < 4.78 is 0.